The van der Waals surface area contributed by atoms with Gasteiger partial charge in [-0.3, -0.25) is 4.79 Å². The molecule has 6 nitrogen and oxygen atoms in total. The van der Waals surface area contributed by atoms with Gasteiger partial charge < -0.3 is 14.6 Å². The normalized spacial score (nSPS) is 14.0. The number of carbonyl (C=O) groups is 1. The van der Waals surface area contributed by atoms with E-state index in [4.69, 9.17) is 4.74 Å². The first-order valence-electron chi connectivity index (χ1n) is 9.55. The molecule has 1 aromatic carbocycles. The topological polar surface area (TPSA) is 69.0 Å². The Labute approximate surface area is 155 Å². The number of nitrogens with zero attached hydrogens (tertiary/aromatic N) is 3. The van der Waals surface area contributed by atoms with Crippen LogP contribution in [0.15, 0.2) is 24.3 Å². The van der Waals surface area contributed by atoms with Crippen LogP contribution in [0.4, 0.5) is 0 Å². The van der Waals surface area contributed by atoms with E-state index in [0.717, 1.165) is 30.4 Å². The molecule has 0 spiro atoms. The van der Waals surface area contributed by atoms with Gasteiger partial charge in [-0.2, -0.15) is 0 Å². The Hall–Kier alpha value is -2.37. The van der Waals surface area contributed by atoms with Crippen molar-refractivity contribution in [1.82, 2.24) is 20.1 Å². The van der Waals surface area contributed by atoms with Crippen molar-refractivity contribution in [3.63, 3.8) is 0 Å². The number of benzene rings is 1. The maximum Gasteiger partial charge on any atom is 0.251 e. The molecule has 3 rings (SSSR count). The second kappa shape index (κ2) is 8.83. The van der Waals surface area contributed by atoms with E-state index in [-0.39, 0.29) is 5.91 Å². The number of nitrogens with one attached hydrogen (secondary N) is 1. The fraction of sp³-hybridized carbons (Fsp3) is 0.550. The lowest BCUT2D eigenvalue weighted by atomic mass is 10.2. The molecule has 0 saturated heterocycles. The molecule has 140 valence electrons. The monoisotopic (exact) mass is 356 g/mol. The van der Waals surface area contributed by atoms with Gasteiger partial charge in [-0.05, 0) is 37.0 Å². The second-order valence-corrected chi connectivity index (χ2v) is 7.23. The highest BCUT2D eigenvalue weighted by atomic mass is 16.5. The summed E-state index contributed by atoms with van der Waals surface area (Å²) in [5, 5.41) is 11.6. The summed E-state index contributed by atoms with van der Waals surface area (Å²) in [6.07, 6.45) is 5.30. The molecular formula is C20H28N4O2. The molecule has 0 bridgehead atoms. The van der Waals surface area contributed by atoms with Crippen LogP contribution in [0, 0.1) is 5.92 Å². The molecule has 0 atom stereocenters. The lowest BCUT2D eigenvalue weighted by molar-refractivity contribution is 0.0953. The van der Waals surface area contributed by atoms with Gasteiger partial charge in [-0.1, -0.05) is 26.3 Å². The number of aryl methyl sites for hydroxylation is 1. The van der Waals surface area contributed by atoms with Crippen LogP contribution in [-0.2, 0) is 19.4 Å². The largest absolute Gasteiger partial charge is 0.493 e. The average molecular weight is 356 g/mol. The van der Waals surface area contributed by atoms with Gasteiger partial charge in [-0.15, -0.1) is 10.2 Å². The third-order valence-corrected chi connectivity index (χ3v) is 4.50. The van der Waals surface area contributed by atoms with Crippen molar-refractivity contribution in [1.29, 1.82) is 0 Å². The van der Waals surface area contributed by atoms with Gasteiger partial charge in [0.25, 0.3) is 5.91 Å². The summed E-state index contributed by atoms with van der Waals surface area (Å²) >= 11 is 0. The fourth-order valence-electron chi connectivity index (χ4n) is 3.11. The summed E-state index contributed by atoms with van der Waals surface area (Å²) in [6, 6.07) is 7.33. The summed E-state index contributed by atoms with van der Waals surface area (Å²) in [4.78, 5) is 12.4. The standard InChI is InChI=1S/C20H28N4O2/c1-15(2)14-26-17-8-6-7-16(13-17)20(25)21-11-10-19-23-22-18-9-4-3-5-12-24(18)19/h6-8,13,15H,3-5,9-12,14H2,1-2H3,(H,21,25). The molecule has 1 aromatic heterocycles. The van der Waals surface area contributed by atoms with Gasteiger partial charge in [0, 0.05) is 31.5 Å². The maximum atomic E-state index is 12.4. The minimum atomic E-state index is -0.0874. The minimum Gasteiger partial charge on any atom is -0.493 e. The van der Waals surface area contributed by atoms with Crippen molar-refractivity contribution in [3.8, 4) is 5.75 Å². The van der Waals surface area contributed by atoms with Crippen LogP contribution in [0.2, 0.25) is 0 Å². The van der Waals surface area contributed by atoms with E-state index in [1.54, 1.807) is 12.1 Å². The molecule has 6 heteroatoms. The number of amides is 1. The highest BCUT2D eigenvalue weighted by Crippen LogP contribution is 2.16. The summed E-state index contributed by atoms with van der Waals surface area (Å²) < 4.78 is 7.92. The van der Waals surface area contributed by atoms with Crippen LogP contribution in [0.1, 0.15) is 55.1 Å². The Morgan fingerprint density at radius 3 is 3.00 bits per heavy atom. The molecule has 1 N–H and O–H groups in total. The number of aromatic nitrogens is 3. The summed E-state index contributed by atoms with van der Waals surface area (Å²) in [5.41, 5.74) is 0.617. The van der Waals surface area contributed by atoms with Gasteiger partial charge >= 0.3 is 0 Å². The Morgan fingerprint density at radius 1 is 1.27 bits per heavy atom. The van der Waals surface area contributed by atoms with E-state index in [1.165, 1.54) is 19.3 Å². The zero-order chi connectivity index (χ0) is 18.4. The predicted octanol–water partition coefficient (Wildman–Crippen LogP) is 3.01. The van der Waals surface area contributed by atoms with Gasteiger partial charge in [0.05, 0.1) is 6.61 Å². The van der Waals surface area contributed by atoms with Gasteiger partial charge in [0.1, 0.15) is 17.4 Å². The SMILES string of the molecule is CC(C)COc1cccc(C(=O)NCCc2nnc3n2CCCCC3)c1. The molecule has 1 amide bonds. The second-order valence-electron chi connectivity index (χ2n) is 7.23. The lowest BCUT2D eigenvalue weighted by Crippen LogP contribution is -2.26. The zero-order valence-electron chi connectivity index (χ0n) is 15.7. The van der Waals surface area contributed by atoms with Gasteiger partial charge in [0.15, 0.2) is 0 Å². The smallest absolute Gasteiger partial charge is 0.251 e. The van der Waals surface area contributed by atoms with E-state index >= 15 is 0 Å². The first-order valence-corrected chi connectivity index (χ1v) is 9.55. The third-order valence-electron chi connectivity index (χ3n) is 4.50. The number of rotatable bonds is 7. The summed E-state index contributed by atoms with van der Waals surface area (Å²) in [7, 11) is 0. The Balaban J connectivity index is 1.53. The molecule has 0 radical (unpaired) electrons. The molecule has 26 heavy (non-hydrogen) atoms. The van der Waals surface area contributed by atoms with Crippen molar-refractivity contribution in [2.75, 3.05) is 13.2 Å². The van der Waals surface area contributed by atoms with Crippen LogP contribution in [0.5, 0.6) is 5.75 Å². The molecule has 1 aliphatic rings. The van der Waals surface area contributed by atoms with Crippen molar-refractivity contribution in [2.24, 2.45) is 5.92 Å². The van der Waals surface area contributed by atoms with Crippen LogP contribution in [-0.4, -0.2) is 33.8 Å². The first kappa shape index (κ1) is 18.4. The van der Waals surface area contributed by atoms with E-state index in [0.29, 0.717) is 31.1 Å². The van der Waals surface area contributed by atoms with E-state index < -0.39 is 0 Å². The minimum absolute atomic E-state index is 0.0874. The summed E-state index contributed by atoms with van der Waals surface area (Å²) in [6.45, 7) is 6.38. The zero-order valence-corrected chi connectivity index (χ0v) is 15.7. The van der Waals surface area contributed by atoms with Crippen molar-refractivity contribution >= 4 is 5.91 Å². The van der Waals surface area contributed by atoms with E-state index in [9.17, 15) is 4.79 Å². The highest BCUT2D eigenvalue weighted by molar-refractivity contribution is 5.94. The number of fused-ring (bicyclic) bond motifs is 1. The highest BCUT2D eigenvalue weighted by Gasteiger charge is 2.15. The molecule has 0 saturated carbocycles. The Bertz CT molecular complexity index is 739. The molecule has 1 aliphatic heterocycles. The molecule has 0 unspecified atom stereocenters. The van der Waals surface area contributed by atoms with E-state index in [2.05, 4.69) is 33.9 Å². The fourth-order valence-corrected chi connectivity index (χ4v) is 3.11. The van der Waals surface area contributed by atoms with Crippen LogP contribution < -0.4 is 10.1 Å². The lowest BCUT2D eigenvalue weighted by Gasteiger charge is -2.10. The van der Waals surface area contributed by atoms with Gasteiger partial charge in [-0.25, -0.2) is 0 Å². The van der Waals surface area contributed by atoms with Crippen molar-refractivity contribution in [2.45, 2.75) is 52.5 Å². The maximum absolute atomic E-state index is 12.4. The Morgan fingerprint density at radius 2 is 2.15 bits per heavy atom. The Kier molecular flexibility index (Phi) is 6.26. The van der Waals surface area contributed by atoms with Gasteiger partial charge in [0.2, 0.25) is 0 Å². The first-order chi connectivity index (χ1) is 12.6. The number of hydrogen-bond donors (Lipinski definition) is 1. The number of carbonyl (C=O) groups excluding carboxylic acids is 1. The molecule has 2 heterocycles. The molecule has 0 fully saturated rings. The quantitative estimate of drug-likeness (QED) is 0.828. The number of ether oxygens (including phenoxy) is 1. The van der Waals surface area contributed by atoms with Crippen LogP contribution in [0.25, 0.3) is 0 Å². The predicted molar refractivity (Wildman–Crippen MR) is 100 cm³/mol. The number of hydrogen-bond acceptors (Lipinski definition) is 4. The van der Waals surface area contributed by atoms with Crippen molar-refractivity contribution in [3.05, 3.63) is 41.5 Å². The van der Waals surface area contributed by atoms with Crippen LogP contribution >= 0.6 is 0 Å². The van der Waals surface area contributed by atoms with E-state index in [1.807, 2.05) is 12.1 Å². The van der Waals surface area contributed by atoms with Crippen LogP contribution in [0.3, 0.4) is 0 Å². The molecule has 2 aromatic rings. The van der Waals surface area contributed by atoms with Crippen molar-refractivity contribution < 1.29 is 9.53 Å². The summed E-state index contributed by atoms with van der Waals surface area (Å²) in [5.74, 6) is 3.14. The average Bonchev–Trinajstić information content (AvgIpc) is 2.87. The molecular weight excluding hydrogens is 328 g/mol. The molecule has 0 aliphatic carbocycles. The third kappa shape index (κ3) is 4.84.